The van der Waals surface area contributed by atoms with E-state index < -0.39 is 12.1 Å². The maximum absolute atomic E-state index is 10.8. The SMILES string of the molecule is CCc1ccc(N2CCN(C[C@H](O)CCOc3ccc(NC(N)=O)cc3)CC2)cc1. The minimum Gasteiger partial charge on any atom is -0.493 e. The van der Waals surface area contributed by atoms with Gasteiger partial charge in [0.1, 0.15) is 5.75 Å². The average molecular weight is 413 g/mol. The molecule has 162 valence electrons. The molecule has 0 unspecified atom stereocenters. The number of benzene rings is 2. The molecule has 4 N–H and O–H groups in total. The van der Waals surface area contributed by atoms with Gasteiger partial charge in [0.15, 0.2) is 0 Å². The van der Waals surface area contributed by atoms with Gasteiger partial charge in [-0.15, -0.1) is 0 Å². The van der Waals surface area contributed by atoms with Gasteiger partial charge in [0.2, 0.25) is 0 Å². The number of β-amino-alcohol motifs (C(OH)–C–C–N with tert-alkyl or cyclic N) is 1. The largest absolute Gasteiger partial charge is 0.493 e. The van der Waals surface area contributed by atoms with Gasteiger partial charge in [0.25, 0.3) is 0 Å². The Labute approximate surface area is 178 Å². The minimum absolute atomic E-state index is 0.420. The van der Waals surface area contributed by atoms with E-state index in [9.17, 15) is 9.90 Å². The van der Waals surface area contributed by atoms with Gasteiger partial charge in [0, 0.05) is 50.5 Å². The maximum Gasteiger partial charge on any atom is 0.316 e. The summed E-state index contributed by atoms with van der Waals surface area (Å²) in [6.07, 6.45) is 1.21. The second-order valence-corrected chi connectivity index (χ2v) is 7.61. The third kappa shape index (κ3) is 6.64. The molecule has 7 nitrogen and oxygen atoms in total. The number of carbonyl (C=O) groups excluding carboxylic acids is 1. The molecule has 2 amide bonds. The number of primary amides is 1. The summed E-state index contributed by atoms with van der Waals surface area (Å²) in [7, 11) is 0. The maximum atomic E-state index is 10.8. The quantitative estimate of drug-likeness (QED) is 0.589. The molecule has 0 bridgehead atoms. The fourth-order valence-corrected chi connectivity index (χ4v) is 3.61. The predicted molar refractivity (Wildman–Crippen MR) is 120 cm³/mol. The van der Waals surface area contributed by atoms with E-state index in [1.165, 1.54) is 11.3 Å². The molecule has 2 aromatic rings. The molecule has 1 aliphatic rings. The van der Waals surface area contributed by atoms with Crippen LogP contribution in [0.25, 0.3) is 0 Å². The number of nitrogens with two attached hydrogens (primary N) is 1. The van der Waals surface area contributed by atoms with Crippen LogP contribution in [0.2, 0.25) is 0 Å². The highest BCUT2D eigenvalue weighted by Crippen LogP contribution is 2.18. The number of nitrogens with zero attached hydrogens (tertiary/aromatic N) is 2. The van der Waals surface area contributed by atoms with Gasteiger partial charge >= 0.3 is 6.03 Å². The molecule has 0 radical (unpaired) electrons. The van der Waals surface area contributed by atoms with Crippen molar-refractivity contribution in [3.8, 4) is 5.75 Å². The lowest BCUT2D eigenvalue weighted by Gasteiger charge is -2.37. The Morgan fingerprint density at radius 2 is 1.77 bits per heavy atom. The number of hydrogen-bond donors (Lipinski definition) is 3. The summed E-state index contributed by atoms with van der Waals surface area (Å²) >= 11 is 0. The third-order valence-electron chi connectivity index (χ3n) is 5.39. The van der Waals surface area contributed by atoms with Gasteiger partial charge in [0.05, 0.1) is 12.7 Å². The van der Waals surface area contributed by atoms with Crippen LogP contribution in [0.1, 0.15) is 18.9 Å². The Kier molecular flexibility index (Phi) is 7.93. The van der Waals surface area contributed by atoms with Crippen molar-refractivity contribution in [1.29, 1.82) is 0 Å². The number of piperazine rings is 1. The van der Waals surface area contributed by atoms with E-state index in [1.807, 2.05) is 0 Å². The Morgan fingerprint density at radius 1 is 1.10 bits per heavy atom. The zero-order valence-corrected chi connectivity index (χ0v) is 17.6. The Bertz CT molecular complexity index is 787. The summed E-state index contributed by atoms with van der Waals surface area (Å²) in [6.45, 7) is 7.11. The molecule has 1 atom stereocenters. The number of ether oxygens (including phenoxy) is 1. The number of urea groups is 1. The molecule has 1 saturated heterocycles. The summed E-state index contributed by atoms with van der Waals surface area (Å²) in [5.41, 5.74) is 8.34. The normalized spacial score (nSPS) is 15.6. The highest BCUT2D eigenvalue weighted by Gasteiger charge is 2.19. The molecule has 1 heterocycles. The number of aliphatic hydroxyl groups is 1. The van der Waals surface area contributed by atoms with Crippen LogP contribution >= 0.6 is 0 Å². The van der Waals surface area contributed by atoms with Crippen LogP contribution in [-0.2, 0) is 6.42 Å². The number of hydrogen-bond acceptors (Lipinski definition) is 5. The van der Waals surface area contributed by atoms with Crippen molar-refractivity contribution in [3.05, 3.63) is 54.1 Å². The van der Waals surface area contributed by atoms with E-state index in [0.29, 0.717) is 31.0 Å². The van der Waals surface area contributed by atoms with Crippen molar-refractivity contribution in [2.75, 3.05) is 49.5 Å². The van der Waals surface area contributed by atoms with Gasteiger partial charge in [-0.05, 0) is 48.4 Å². The van der Waals surface area contributed by atoms with Crippen LogP contribution in [0.5, 0.6) is 5.75 Å². The van der Waals surface area contributed by atoms with Gasteiger partial charge in [-0.1, -0.05) is 19.1 Å². The number of carbonyl (C=O) groups is 1. The molecule has 0 aromatic heterocycles. The first-order valence-electron chi connectivity index (χ1n) is 10.6. The Balaban J connectivity index is 1.34. The molecule has 3 rings (SSSR count). The van der Waals surface area contributed by atoms with Crippen LogP contribution in [0.15, 0.2) is 48.5 Å². The van der Waals surface area contributed by atoms with Crippen LogP contribution in [0, 0.1) is 0 Å². The second-order valence-electron chi connectivity index (χ2n) is 7.61. The summed E-state index contributed by atoms with van der Waals surface area (Å²) in [6, 6.07) is 15.2. The number of aryl methyl sites for hydroxylation is 1. The van der Waals surface area contributed by atoms with E-state index in [-0.39, 0.29) is 0 Å². The zero-order valence-electron chi connectivity index (χ0n) is 17.6. The molecular formula is C23H32N4O3. The molecule has 7 heteroatoms. The van der Waals surface area contributed by atoms with E-state index in [1.54, 1.807) is 24.3 Å². The van der Waals surface area contributed by atoms with Crippen LogP contribution in [0.4, 0.5) is 16.2 Å². The van der Waals surface area contributed by atoms with E-state index in [2.05, 4.69) is 46.3 Å². The van der Waals surface area contributed by atoms with Crippen molar-refractivity contribution in [3.63, 3.8) is 0 Å². The predicted octanol–water partition coefficient (Wildman–Crippen LogP) is 2.69. The van der Waals surface area contributed by atoms with Crippen molar-refractivity contribution in [2.45, 2.75) is 25.9 Å². The summed E-state index contributed by atoms with van der Waals surface area (Å²) in [5.74, 6) is 0.694. The van der Waals surface area contributed by atoms with Gasteiger partial charge < -0.3 is 25.8 Å². The summed E-state index contributed by atoms with van der Waals surface area (Å²) in [5, 5.41) is 12.9. The number of amides is 2. The smallest absolute Gasteiger partial charge is 0.316 e. The standard InChI is InChI=1S/C23H32N4O3/c1-2-18-3-7-20(8-4-18)27-14-12-26(13-15-27)17-21(28)11-16-30-22-9-5-19(6-10-22)25-23(24)29/h3-10,21,28H,2,11-17H2,1H3,(H3,24,25,29)/t21-/m1/s1. The van der Waals surface area contributed by atoms with Crippen molar-refractivity contribution in [1.82, 2.24) is 4.90 Å². The Morgan fingerprint density at radius 3 is 2.37 bits per heavy atom. The number of anilines is 2. The summed E-state index contributed by atoms with van der Waals surface area (Å²) < 4.78 is 5.69. The van der Waals surface area contributed by atoms with Gasteiger partial charge in [-0.2, -0.15) is 0 Å². The van der Waals surface area contributed by atoms with Gasteiger partial charge in [-0.25, -0.2) is 4.79 Å². The van der Waals surface area contributed by atoms with Crippen molar-refractivity contribution in [2.24, 2.45) is 5.73 Å². The monoisotopic (exact) mass is 412 g/mol. The van der Waals surface area contributed by atoms with E-state index in [4.69, 9.17) is 10.5 Å². The lowest BCUT2D eigenvalue weighted by molar-refractivity contribution is 0.0886. The number of aliphatic hydroxyl groups excluding tert-OH is 1. The van der Waals surface area contributed by atoms with Crippen LogP contribution < -0.4 is 20.7 Å². The van der Waals surface area contributed by atoms with Gasteiger partial charge in [-0.3, -0.25) is 4.90 Å². The first kappa shape index (κ1) is 21.9. The van der Waals surface area contributed by atoms with Crippen molar-refractivity contribution >= 4 is 17.4 Å². The molecule has 0 saturated carbocycles. The fraction of sp³-hybridized carbons (Fsp3) is 0.435. The lowest BCUT2D eigenvalue weighted by Crippen LogP contribution is -2.48. The average Bonchev–Trinajstić information content (AvgIpc) is 2.75. The lowest BCUT2D eigenvalue weighted by atomic mass is 10.1. The first-order valence-corrected chi connectivity index (χ1v) is 10.6. The molecule has 2 aromatic carbocycles. The number of rotatable bonds is 9. The molecule has 1 aliphatic heterocycles. The van der Waals surface area contributed by atoms with Crippen molar-refractivity contribution < 1.29 is 14.6 Å². The van der Waals surface area contributed by atoms with E-state index >= 15 is 0 Å². The highest BCUT2D eigenvalue weighted by atomic mass is 16.5. The summed E-state index contributed by atoms with van der Waals surface area (Å²) in [4.78, 5) is 15.5. The minimum atomic E-state index is -0.595. The molecule has 0 spiro atoms. The molecule has 30 heavy (non-hydrogen) atoms. The Hall–Kier alpha value is -2.77. The zero-order chi connectivity index (χ0) is 21.3. The fourth-order valence-electron chi connectivity index (χ4n) is 3.61. The second kappa shape index (κ2) is 10.8. The first-order chi connectivity index (χ1) is 14.5. The van der Waals surface area contributed by atoms with Crippen LogP contribution in [0.3, 0.4) is 0 Å². The highest BCUT2D eigenvalue weighted by molar-refractivity contribution is 5.87. The molecule has 1 fully saturated rings. The molecule has 0 aliphatic carbocycles. The topological polar surface area (TPSA) is 91.1 Å². The number of nitrogens with one attached hydrogen (secondary N) is 1. The molecular weight excluding hydrogens is 380 g/mol. The van der Waals surface area contributed by atoms with E-state index in [0.717, 1.165) is 32.6 Å². The third-order valence-corrected chi connectivity index (χ3v) is 5.39. The van der Waals surface area contributed by atoms with Crippen LogP contribution in [-0.4, -0.2) is 61.5 Å².